The third-order valence-corrected chi connectivity index (χ3v) is 2.98. The molecule has 0 saturated carbocycles. The van der Waals surface area contributed by atoms with Crippen LogP contribution < -0.4 is 5.32 Å². The number of methoxy groups -OCH3 is 1. The molecule has 1 saturated heterocycles. The van der Waals surface area contributed by atoms with Gasteiger partial charge in [0.2, 0.25) is 5.76 Å². The van der Waals surface area contributed by atoms with Gasteiger partial charge >= 0.3 is 5.97 Å². The largest absolute Gasteiger partial charge is 0.463 e. The molecule has 6 heteroatoms. The Balaban J connectivity index is 1.83. The van der Waals surface area contributed by atoms with Crippen molar-refractivity contribution in [2.45, 2.75) is 19.1 Å². The number of carbonyl (C=O) groups is 1. The Morgan fingerprint density at radius 3 is 3.05 bits per heavy atom. The van der Waals surface area contributed by atoms with Crippen molar-refractivity contribution >= 4 is 5.97 Å². The third kappa shape index (κ3) is 3.79. The monoisotopic (exact) mass is 269 g/mol. The summed E-state index contributed by atoms with van der Waals surface area (Å²) in [4.78, 5) is 11.3. The van der Waals surface area contributed by atoms with E-state index in [2.05, 4.69) is 10.1 Å². The minimum Gasteiger partial charge on any atom is -0.463 e. The lowest BCUT2D eigenvalue weighted by atomic mass is 10.2. The molecule has 0 amide bonds. The van der Waals surface area contributed by atoms with Gasteiger partial charge in [-0.05, 0) is 19.1 Å². The molecular formula is C13H19NO5. The molecule has 0 aliphatic carbocycles. The van der Waals surface area contributed by atoms with Gasteiger partial charge in [0.05, 0.1) is 39.1 Å². The first-order valence-electron chi connectivity index (χ1n) is 6.31. The van der Waals surface area contributed by atoms with Crippen LogP contribution in [0.25, 0.3) is 0 Å². The number of carbonyl (C=O) groups excluding carboxylic acids is 1. The highest BCUT2D eigenvalue weighted by atomic mass is 16.6. The molecule has 106 valence electrons. The second kappa shape index (κ2) is 6.70. The minimum absolute atomic E-state index is 0.0102. The first-order chi connectivity index (χ1) is 9.20. The van der Waals surface area contributed by atoms with Crippen LogP contribution in [0.2, 0.25) is 0 Å². The van der Waals surface area contributed by atoms with Gasteiger partial charge in [-0.15, -0.1) is 0 Å². The van der Waals surface area contributed by atoms with Crippen LogP contribution in [0, 0.1) is 0 Å². The number of ether oxygens (including phenoxy) is 3. The smallest absolute Gasteiger partial charge is 0.373 e. The summed E-state index contributed by atoms with van der Waals surface area (Å²) < 4.78 is 20.9. The Morgan fingerprint density at radius 1 is 1.53 bits per heavy atom. The average molecular weight is 269 g/mol. The molecule has 0 bridgehead atoms. The van der Waals surface area contributed by atoms with Crippen molar-refractivity contribution in [2.75, 3.05) is 33.5 Å². The summed E-state index contributed by atoms with van der Waals surface area (Å²) in [5.41, 5.74) is 0. The lowest BCUT2D eigenvalue weighted by molar-refractivity contribution is -0.0871. The van der Waals surface area contributed by atoms with E-state index in [9.17, 15) is 4.79 Å². The molecule has 1 N–H and O–H groups in total. The number of hydrogen-bond donors (Lipinski definition) is 1. The van der Waals surface area contributed by atoms with Gasteiger partial charge in [0.15, 0.2) is 0 Å². The predicted octanol–water partition coefficient (Wildman–Crippen LogP) is 1.13. The molecule has 1 aromatic rings. The molecule has 0 spiro atoms. The summed E-state index contributed by atoms with van der Waals surface area (Å²) in [5.74, 6) is 0.433. The number of esters is 1. The van der Waals surface area contributed by atoms with Gasteiger partial charge in [-0.3, -0.25) is 0 Å². The van der Waals surface area contributed by atoms with Gasteiger partial charge < -0.3 is 23.9 Å². The molecule has 2 atom stereocenters. The fraction of sp³-hybridized carbons (Fsp3) is 0.615. The fourth-order valence-corrected chi connectivity index (χ4v) is 1.86. The maximum Gasteiger partial charge on any atom is 0.373 e. The van der Waals surface area contributed by atoms with Gasteiger partial charge in [0.25, 0.3) is 0 Å². The summed E-state index contributed by atoms with van der Waals surface area (Å²) in [6.07, 6.45) is 0.0613. The van der Waals surface area contributed by atoms with Crippen LogP contribution in [0.3, 0.4) is 0 Å². The van der Waals surface area contributed by atoms with Crippen molar-refractivity contribution in [3.63, 3.8) is 0 Å². The molecular weight excluding hydrogens is 250 g/mol. The maximum absolute atomic E-state index is 11.3. The zero-order valence-corrected chi connectivity index (χ0v) is 11.2. The molecule has 1 aliphatic rings. The van der Waals surface area contributed by atoms with Crippen molar-refractivity contribution in [3.8, 4) is 0 Å². The van der Waals surface area contributed by atoms with Crippen LogP contribution in [-0.4, -0.2) is 45.5 Å². The lowest BCUT2D eigenvalue weighted by Gasteiger charge is -2.24. The Labute approximate surface area is 112 Å². The average Bonchev–Trinajstić information content (AvgIpc) is 2.95. The van der Waals surface area contributed by atoms with E-state index >= 15 is 0 Å². The zero-order chi connectivity index (χ0) is 13.7. The van der Waals surface area contributed by atoms with Crippen molar-refractivity contribution in [2.24, 2.45) is 0 Å². The van der Waals surface area contributed by atoms with E-state index in [1.165, 1.54) is 7.11 Å². The molecule has 2 unspecified atom stereocenters. The first-order valence-corrected chi connectivity index (χ1v) is 6.31. The van der Waals surface area contributed by atoms with Gasteiger partial charge in [-0.25, -0.2) is 4.79 Å². The first kappa shape index (κ1) is 14.0. The second-order valence-corrected chi connectivity index (χ2v) is 4.39. The van der Waals surface area contributed by atoms with Crippen LogP contribution in [0.15, 0.2) is 16.5 Å². The van der Waals surface area contributed by atoms with Crippen LogP contribution >= 0.6 is 0 Å². The van der Waals surface area contributed by atoms with Crippen molar-refractivity contribution in [1.82, 2.24) is 5.32 Å². The highest BCUT2D eigenvalue weighted by Crippen LogP contribution is 2.17. The Bertz CT molecular complexity index is 411. The topological polar surface area (TPSA) is 69.9 Å². The number of hydrogen-bond acceptors (Lipinski definition) is 6. The number of nitrogens with one attached hydrogen (secondary N) is 1. The van der Waals surface area contributed by atoms with Gasteiger partial charge in [0.1, 0.15) is 5.76 Å². The van der Waals surface area contributed by atoms with E-state index in [4.69, 9.17) is 13.9 Å². The molecule has 6 nitrogen and oxygen atoms in total. The highest BCUT2D eigenvalue weighted by molar-refractivity contribution is 5.86. The van der Waals surface area contributed by atoms with E-state index in [-0.39, 0.29) is 17.9 Å². The van der Waals surface area contributed by atoms with E-state index in [0.717, 1.165) is 0 Å². The van der Waals surface area contributed by atoms with Crippen LogP contribution in [0.5, 0.6) is 0 Å². The Morgan fingerprint density at radius 2 is 2.37 bits per heavy atom. The second-order valence-electron chi connectivity index (χ2n) is 4.39. The van der Waals surface area contributed by atoms with E-state index in [1.807, 2.05) is 6.92 Å². The molecule has 1 aromatic heterocycles. The van der Waals surface area contributed by atoms with E-state index < -0.39 is 5.97 Å². The summed E-state index contributed by atoms with van der Waals surface area (Å²) in [7, 11) is 1.33. The number of rotatable bonds is 5. The Hall–Kier alpha value is -1.37. The van der Waals surface area contributed by atoms with Gasteiger partial charge in [-0.2, -0.15) is 0 Å². The summed E-state index contributed by atoms with van der Waals surface area (Å²) in [5, 5.41) is 3.29. The third-order valence-electron chi connectivity index (χ3n) is 2.98. The number of furan rings is 1. The summed E-state index contributed by atoms with van der Waals surface area (Å²) in [6, 6.07) is 3.37. The summed E-state index contributed by atoms with van der Waals surface area (Å²) >= 11 is 0. The minimum atomic E-state index is -0.470. The van der Waals surface area contributed by atoms with Crippen molar-refractivity contribution in [1.29, 1.82) is 0 Å². The molecule has 1 fully saturated rings. The van der Waals surface area contributed by atoms with E-state index in [1.54, 1.807) is 12.1 Å². The highest BCUT2D eigenvalue weighted by Gasteiger charge is 2.18. The molecule has 2 rings (SSSR count). The Kier molecular flexibility index (Phi) is 4.95. The summed E-state index contributed by atoms with van der Waals surface area (Å²) in [6.45, 7) is 4.53. The molecule has 2 heterocycles. The van der Waals surface area contributed by atoms with Crippen LogP contribution in [0.4, 0.5) is 0 Å². The molecule has 1 aliphatic heterocycles. The maximum atomic E-state index is 11.3. The SMILES string of the molecule is COC(=O)c1ccc(C(C)NCC2COCCO2)o1. The fourth-order valence-electron chi connectivity index (χ4n) is 1.86. The zero-order valence-electron chi connectivity index (χ0n) is 11.2. The van der Waals surface area contributed by atoms with E-state index in [0.29, 0.717) is 32.1 Å². The van der Waals surface area contributed by atoms with Gasteiger partial charge in [-0.1, -0.05) is 0 Å². The molecule has 0 radical (unpaired) electrons. The van der Waals surface area contributed by atoms with Crippen LogP contribution in [0.1, 0.15) is 29.3 Å². The van der Waals surface area contributed by atoms with Gasteiger partial charge in [0, 0.05) is 6.54 Å². The van der Waals surface area contributed by atoms with Crippen molar-refractivity contribution in [3.05, 3.63) is 23.7 Å². The molecule has 0 aromatic carbocycles. The van der Waals surface area contributed by atoms with Crippen LogP contribution in [-0.2, 0) is 14.2 Å². The normalized spacial score (nSPS) is 21.1. The van der Waals surface area contributed by atoms with Crippen molar-refractivity contribution < 1.29 is 23.4 Å². The quantitative estimate of drug-likeness (QED) is 0.808. The standard InChI is InChI=1S/C13H19NO5/c1-9(14-7-10-8-17-5-6-18-10)11-3-4-12(19-11)13(15)16-2/h3-4,9-10,14H,5-8H2,1-2H3. The molecule has 19 heavy (non-hydrogen) atoms. The lowest BCUT2D eigenvalue weighted by Crippen LogP contribution is -2.38. The predicted molar refractivity (Wildman–Crippen MR) is 67.0 cm³/mol.